The molecule has 296 valence electrons. The number of nitro benzene ring substituents is 1. The molecule has 0 radical (unpaired) electrons. The Hall–Kier alpha value is -5.51. The van der Waals surface area contributed by atoms with Crippen LogP contribution < -0.4 is 29.6 Å². The number of methoxy groups -OCH3 is 1. The summed E-state index contributed by atoms with van der Waals surface area (Å²) < 4.78 is 20.9. The van der Waals surface area contributed by atoms with Gasteiger partial charge in [-0.15, -0.1) is 0 Å². The highest BCUT2D eigenvalue weighted by atomic mass is 32.2. The molecular formula is C42H46N8O6S. The van der Waals surface area contributed by atoms with E-state index in [1.807, 2.05) is 30.5 Å². The quantitative estimate of drug-likeness (QED) is 0.0559. The van der Waals surface area contributed by atoms with Gasteiger partial charge in [-0.25, -0.2) is 4.98 Å². The fraction of sp³-hybridized carbons (Fsp3) is 0.381. The van der Waals surface area contributed by atoms with Crippen LogP contribution in [-0.2, 0) is 12.0 Å². The summed E-state index contributed by atoms with van der Waals surface area (Å²) >= 11 is 0.978. The number of pyridine rings is 1. The van der Waals surface area contributed by atoms with E-state index in [1.165, 1.54) is 36.1 Å². The summed E-state index contributed by atoms with van der Waals surface area (Å²) in [7, 11) is 1.72. The Morgan fingerprint density at radius 2 is 1.88 bits per heavy atom. The van der Waals surface area contributed by atoms with Crippen LogP contribution in [0.15, 0.2) is 78.0 Å². The Morgan fingerprint density at radius 3 is 2.65 bits per heavy atom. The van der Waals surface area contributed by atoms with Crippen LogP contribution in [0.4, 0.5) is 17.1 Å². The molecule has 1 amide bonds. The monoisotopic (exact) mass is 790 g/mol. The molecule has 5 heterocycles. The van der Waals surface area contributed by atoms with Gasteiger partial charge in [0.2, 0.25) is 0 Å². The molecule has 5 aromatic rings. The van der Waals surface area contributed by atoms with E-state index in [-0.39, 0.29) is 16.8 Å². The second kappa shape index (κ2) is 14.5. The maximum atomic E-state index is 13.6. The lowest BCUT2D eigenvalue weighted by Gasteiger charge is -2.62. The van der Waals surface area contributed by atoms with Gasteiger partial charge in [0.15, 0.2) is 11.5 Å². The molecule has 2 saturated heterocycles. The molecule has 4 N–H and O–H groups in total. The van der Waals surface area contributed by atoms with Crippen molar-refractivity contribution in [1.29, 1.82) is 0 Å². The molecule has 0 atom stereocenters. The normalized spacial score (nSPS) is 18.8. The maximum absolute atomic E-state index is 13.6. The maximum Gasteiger partial charge on any atom is 0.293 e. The van der Waals surface area contributed by atoms with Crippen LogP contribution in [0.5, 0.6) is 23.0 Å². The highest BCUT2D eigenvalue weighted by Gasteiger charge is 2.54. The molecule has 9 rings (SSSR count). The summed E-state index contributed by atoms with van der Waals surface area (Å²) in [4.78, 5) is 40.0. The van der Waals surface area contributed by atoms with E-state index < -0.39 is 10.8 Å². The van der Waals surface area contributed by atoms with Gasteiger partial charge in [0, 0.05) is 103 Å². The van der Waals surface area contributed by atoms with E-state index in [1.54, 1.807) is 25.4 Å². The number of hydrogen-bond acceptors (Lipinski definition) is 12. The van der Waals surface area contributed by atoms with E-state index in [2.05, 4.69) is 55.4 Å². The molecular weight excluding hydrogens is 745 g/mol. The van der Waals surface area contributed by atoms with E-state index in [0.29, 0.717) is 40.0 Å². The van der Waals surface area contributed by atoms with Crippen molar-refractivity contribution in [2.45, 2.75) is 49.6 Å². The zero-order valence-electron chi connectivity index (χ0n) is 32.2. The predicted molar refractivity (Wildman–Crippen MR) is 219 cm³/mol. The molecule has 0 unspecified atom stereocenters. The number of anilines is 2. The van der Waals surface area contributed by atoms with E-state index in [4.69, 9.17) is 19.9 Å². The minimum absolute atomic E-state index is 0.0187. The zero-order valence-corrected chi connectivity index (χ0v) is 33.1. The fourth-order valence-electron chi connectivity index (χ4n) is 8.82. The molecule has 2 aromatic heterocycles. The number of fused-ring (bicyclic) bond motifs is 2. The minimum atomic E-state index is -0.543. The Morgan fingerprint density at radius 1 is 1.07 bits per heavy atom. The zero-order chi connectivity index (χ0) is 39.5. The number of nitrogen functional groups attached to an aromatic ring is 1. The lowest BCUT2D eigenvalue weighted by molar-refractivity contribution is -0.384. The van der Waals surface area contributed by atoms with Gasteiger partial charge >= 0.3 is 0 Å². The number of amides is 1. The average Bonchev–Trinajstić information content (AvgIpc) is 3.76. The van der Waals surface area contributed by atoms with Gasteiger partial charge in [-0.3, -0.25) is 29.4 Å². The largest absolute Gasteiger partial charge is 0.493 e. The number of benzene rings is 3. The van der Waals surface area contributed by atoms with Crippen LogP contribution in [0.2, 0.25) is 0 Å². The first-order chi connectivity index (χ1) is 27.5. The molecule has 0 bridgehead atoms. The Bertz CT molecular complexity index is 2360. The molecule has 57 heavy (non-hydrogen) atoms. The number of aromatic nitrogens is 2. The standard InChI is InChI=1S/C42H46N8O6S/c1-41(2)25-55-38-33(41)14-26(15-37(38)54-3)22-47-10-12-48(13-11-47)29-19-42(20-29)23-49(24-42)28-4-6-32(36(17-28)56-30-16-27-8-9-44-39(27)45-21-30)40(51)46-57-31-5-7-34(43)35(18-31)50(52)53/h4-9,14-18,21,29H,10-13,19-20,22-25,43H2,1-3H3,(H,44,45)(H,46,51). The smallest absolute Gasteiger partial charge is 0.293 e. The minimum Gasteiger partial charge on any atom is -0.493 e. The van der Waals surface area contributed by atoms with Crippen LogP contribution >= 0.6 is 11.9 Å². The Labute approximate surface area is 334 Å². The highest BCUT2D eigenvalue weighted by Crippen LogP contribution is 2.52. The molecule has 3 fully saturated rings. The molecule has 4 aliphatic rings. The van der Waals surface area contributed by atoms with Crippen molar-refractivity contribution in [3.05, 3.63) is 99.9 Å². The lowest BCUT2D eigenvalue weighted by Crippen LogP contribution is -2.68. The topological polar surface area (TPSA) is 164 Å². The van der Waals surface area contributed by atoms with E-state index >= 15 is 0 Å². The molecule has 3 aliphatic heterocycles. The SMILES string of the molecule is COc1cc(CN2CCN(C3CC4(C3)CN(c3ccc(C(=O)NSc5ccc(N)c([N+](=O)[O-])c5)c(Oc5cnc6[nH]ccc6c5)c3)C4)CC2)cc2c1OCC2(C)C. The first-order valence-corrected chi connectivity index (χ1v) is 20.1. The van der Waals surface area contributed by atoms with Gasteiger partial charge < -0.3 is 29.8 Å². The number of nitrogens with one attached hydrogen (secondary N) is 2. The van der Waals surface area contributed by atoms with Gasteiger partial charge in [-0.05, 0) is 78.9 Å². The molecule has 1 aliphatic carbocycles. The summed E-state index contributed by atoms with van der Waals surface area (Å²) in [6.07, 6.45) is 5.82. The van der Waals surface area contributed by atoms with Crippen molar-refractivity contribution < 1.29 is 23.9 Å². The van der Waals surface area contributed by atoms with Crippen LogP contribution in [0.1, 0.15) is 48.2 Å². The number of rotatable bonds is 11. The summed E-state index contributed by atoms with van der Waals surface area (Å²) in [5.41, 5.74) is 10.5. The fourth-order valence-corrected chi connectivity index (χ4v) is 9.45. The second-order valence-corrected chi connectivity index (χ2v) is 17.3. The molecule has 14 nitrogen and oxygen atoms in total. The number of nitrogens with zero attached hydrogens (tertiary/aromatic N) is 5. The number of nitro groups is 1. The van der Waals surface area contributed by atoms with Crippen molar-refractivity contribution in [2.24, 2.45) is 5.41 Å². The molecule has 15 heteroatoms. The van der Waals surface area contributed by atoms with E-state index in [0.717, 1.165) is 86.0 Å². The second-order valence-electron chi connectivity index (χ2n) is 16.5. The van der Waals surface area contributed by atoms with Crippen LogP contribution in [0, 0.1) is 15.5 Å². The number of aromatic amines is 1. The van der Waals surface area contributed by atoms with Gasteiger partial charge in [-0.2, -0.15) is 0 Å². The van der Waals surface area contributed by atoms with Crippen molar-refractivity contribution in [3.63, 3.8) is 0 Å². The number of piperazine rings is 1. The van der Waals surface area contributed by atoms with Gasteiger partial charge in [0.1, 0.15) is 22.8 Å². The lowest BCUT2D eigenvalue weighted by atomic mass is 9.60. The van der Waals surface area contributed by atoms with Crippen molar-refractivity contribution in [2.75, 3.05) is 63.6 Å². The van der Waals surface area contributed by atoms with Crippen molar-refractivity contribution >= 4 is 46.0 Å². The Balaban J connectivity index is 0.824. The van der Waals surface area contributed by atoms with Gasteiger partial charge in [0.05, 0.1) is 30.4 Å². The predicted octanol–water partition coefficient (Wildman–Crippen LogP) is 6.75. The first kappa shape index (κ1) is 37.1. The highest BCUT2D eigenvalue weighted by molar-refractivity contribution is 7.98. The number of carbonyl (C=O) groups is 1. The van der Waals surface area contributed by atoms with Gasteiger partial charge in [-0.1, -0.05) is 13.8 Å². The summed E-state index contributed by atoms with van der Waals surface area (Å²) in [6, 6.07) is 18.9. The number of H-pyrrole nitrogens is 1. The molecule has 1 saturated carbocycles. The summed E-state index contributed by atoms with van der Waals surface area (Å²) in [5.74, 6) is 2.22. The number of hydrogen-bond donors (Lipinski definition) is 3. The molecule has 1 spiro atoms. The number of carbonyl (C=O) groups excluding carboxylic acids is 1. The third-order valence-electron chi connectivity index (χ3n) is 12.0. The van der Waals surface area contributed by atoms with Crippen LogP contribution in [-0.4, -0.2) is 89.6 Å². The van der Waals surface area contributed by atoms with E-state index in [9.17, 15) is 14.9 Å². The van der Waals surface area contributed by atoms with Crippen LogP contribution in [0.3, 0.4) is 0 Å². The summed E-state index contributed by atoms with van der Waals surface area (Å²) in [5, 5.41) is 12.3. The summed E-state index contributed by atoms with van der Waals surface area (Å²) in [6.45, 7) is 12.2. The van der Waals surface area contributed by atoms with Crippen molar-refractivity contribution in [3.8, 4) is 23.0 Å². The van der Waals surface area contributed by atoms with Gasteiger partial charge in [0.25, 0.3) is 11.6 Å². The first-order valence-electron chi connectivity index (χ1n) is 19.3. The number of ether oxygens (including phenoxy) is 3. The molecule has 3 aromatic carbocycles. The average molecular weight is 791 g/mol. The Kier molecular flexibility index (Phi) is 9.41. The third kappa shape index (κ3) is 7.19. The van der Waals surface area contributed by atoms with Crippen LogP contribution in [0.25, 0.3) is 11.0 Å². The number of nitrogens with two attached hydrogens (primary N) is 1. The van der Waals surface area contributed by atoms with Crippen molar-refractivity contribution in [1.82, 2.24) is 24.5 Å². The third-order valence-corrected chi connectivity index (χ3v) is 12.8.